The van der Waals surface area contributed by atoms with Gasteiger partial charge in [0.15, 0.2) is 9.84 Å². The fourth-order valence-corrected chi connectivity index (χ4v) is 6.82. The lowest BCUT2D eigenvalue weighted by molar-refractivity contribution is 0.340. The summed E-state index contributed by atoms with van der Waals surface area (Å²) in [7, 11) is -7.87. The molecule has 3 rings (SSSR count). The molecule has 0 spiro atoms. The minimum Gasteiger partial charge on any atom is -0.494 e. The number of sulfonamides is 1. The van der Waals surface area contributed by atoms with Crippen molar-refractivity contribution >= 4 is 31.2 Å². The normalized spacial score (nSPS) is 13.1. The molecule has 0 saturated carbocycles. The van der Waals surface area contributed by atoms with Gasteiger partial charge in [-0.1, -0.05) is 18.2 Å². The van der Waals surface area contributed by atoms with Crippen LogP contribution in [0.3, 0.4) is 0 Å². The number of rotatable bonds is 9. The molecule has 0 saturated heterocycles. The van der Waals surface area contributed by atoms with Gasteiger partial charge in [0.1, 0.15) is 21.0 Å². The molecule has 2 aromatic carbocycles. The van der Waals surface area contributed by atoms with Crippen molar-refractivity contribution in [3.63, 3.8) is 0 Å². The third kappa shape index (κ3) is 5.07. The van der Waals surface area contributed by atoms with E-state index >= 15 is 0 Å². The first kappa shape index (κ1) is 22.4. The molecule has 1 heterocycles. The molecule has 1 aromatic heterocycles. The highest BCUT2D eigenvalue weighted by Gasteiger charge is 2.31. The Morgan fingerprint density at radius 1 is 1.00 bits per heavy atom. The molecule has 0 fully saturated rings. The second-order valence-electron chi connectivity index (χ2n) is 6.27. The van der Waals surface area contributed by atoms with E-state index < -0.39 is 37.5 Å². The van der Waals surface area contributed by atoms with Crippen LogP contribution >= 0.6 is 11.3 Å². The number of halogens is 1. The van der Waals surface area contributed by atoms with E-state index in [2.05, 4.69) is 4.72 Å². The lowest BCUT2D eigenvalue weighted by atomic mass is 10.1. The van der Waals surface area contributed by atoms with Crippen molar-refractivity contribution in [3.05, 3.63) is 77.4 Å². The fraction of sp³-hybridized carbons (Fsp3) is 0.200. The smallest absolute Gasteiger partial charge is 0.240 e. The lowest BCUT2D eigenvalue weighted by Gasteiger charge is -2.18. The Bertz CT molecular complexity index is 1170. The Balaban J connectivity index is 1.89. The van der Waals surface area contributed by atoms with E-state index in [1.165, 1.54) is 42.5 Å². The van der Waals surface area contributed by atoms with Gasteiger partial charge in [-0.25, -0.2) is 25.9 Å². The minimum atomic E-state index is -3.97. The molecule has 6 nitrogen and oxygen atoms in total. The van der Waals surface area contributed by atoms with E-state index in [9.17, 15) is 21.2 Å². The topological polar surface area (TPSA) is 89.5 Å². The van der Waals surface area contributed by atoms with Crippen LogP contribution in [0.4, 0.5) is 4.39 Å². The van der Waals surface area contributed by atoms with Gasteiger partial charge < -0.3 is 4.74 Å². The summed E-state index contributed by atoms with van der Waals surface area (Å²) < 4.78 is 72.7. The van der Waals surface area contributed by atoms with E-state index in [0.717, 1.165) is 23.5 Å². The molecule has 0 bridgehead atoms. The van der Waals surface area contributed by atoms with Gasteiger partial charge in [0.25, 0.3) is 0 Å². The summed E-state index contributed by atoms with van der Waals surface area (Å²) in [6.07, 6.45) is 0. The summed E-state index contributed by atoms with van der Waals surface area (Å²) in [6.45, 7) is 1.86. The van der Waals surface area contributed by atoms with Crippen molar-refractivity contribution in [2.45, 2.75) is 21.3 Å². The van der Waals surface area contributed by atoms with Crippen molar-refractivity contribution < 1.29 is 26.0 Å². The molecule has 10 heteroatoms. The van der Waals surface area contributed by atoms with Crippen LogP contribution in [0.5, 0.6) is 5.75 Å². The third-order valence-corrected chi connectivity index (χ3v) is 9.27. The van der Waals surface area contributed by atoms with Gasteiger partial charge in [-0.3, -0.25) is 0 Å². The first-order chi connectivity index (χ1) is 14.2. The maximum Gasteiger partial charge on any atom is 0.240 e. The Morgan fingerprint density at radius 2 is 1.67 bits per heavy atom. The predicted octanol–water partition coefficient (Wildman–Crippen LogP) is 3.78. The molecule has 1 atom stereocenters. The van der Waals surface area contributed by atoms with Crippen LogP contribution < -0.4 is 9.46 Å². The average Bonchev–Trinajstić information content (AvgIpc) is 3.26. The summed E-state index contributed by atoms with van der Waals surface area (Å²) >= 11 is 1.04. The first-order valence-corrected chi connectivity index (χ1v) is 12.9. The lowest BCUT2D eigenvalue weighted by Crippen LogP contribution is -2.31. The molecule has 0 aliphatic carbocycles. The van der Waals surface area contributed by atoms with Crippen LogP contribution in [0.1, 0.15) is 17.7 Å². The summed E-state index contributed by atoms with van der Waals surface area (Å²) in [5.74, 6) is 0.0157. The number of sulfone groups is 1. The van der Waals surface area contributed by atoms with Crippen LogP contribution in [0.2, 0.25) is 0 Å². The van der Waals surface area contributed by atoms with Crippen molar-refractivity contribution in [1.82, 2.24) is 4.72 Å². The second kappa shape index (κ2) is 9.25. The Hall–Kier alpha value is -2.27. The van der Waals surface area contributed by atoms with Crippen LogP contribution in [0, 0.1) is 5.82 Å². The van der Waals surface area contributed by atoms with Gasteiger partial charge in [-0.2, -0.15) is 0 Å². The van der Waals surface area contributed by atoms with Gasteiger partial charge in [-0.15, -0.1) is 11.3 Å². The molecule has 0 aliphatic rings. The van der Waals surface area contributed by atoms with Crippen LogP contribution in [-0.4, -0.2) is 30.0 Å². The van der Waals surface area contributed by atoms with Crippen molar-refractivity contribution in [1.29, 1.82) is 0 Å². The maximum atomic E-state index is 13.3. The number of thiophene rings is 1. The average molecular weight is 470 g/mol. The van der Waals surface area contributed by atoms with Gasteiger partial charge >= 0.3 is 0 Å². The molecule has 160 valence electrons. The number of benzene rings is 2. The van der Waals surface area contributed by atoms with Crippen molar-refractivity contribution in [2.75, 3.05) is 13.2 Å². The maximum absolute atomic E-state index is 13.3. The molecular formula is C20H20FNO5S3. The standard InChI is InChI=1S/C20H20FNO5S3/c1-2-27-17-9-11-18(12-10-17)30(25,26)22-14-19(15-5-7-16(21)8-6-15)29(23,24)20-4-3-13-28-20/h3-13,19,22H,2,14H2,1H3/t19-/m0/s1. The molecule has 30 heavy (non-hydrogen) atoms. The Kier molecular flexibility index (Phi) is 6.91. The summed E-state index contributed by atoms with van der Waals surface area (Å²) in [5.41, 5.74) is 0.291. The zero-order chi connectivity index (χ0) is 21.8. The highest BCUT2D eigenvalue weighted by molar-refractivity contribution is 7.93. The molecule has 0 aliphatic heterocycles. The molecule has 1 N–H and O–H groups in total. The van der Waals surface area contributed by atoms with Crippen molar-refractivity contribution in [3.8, 4) is 5.75 Å². The minimum absolute atomic E-state index is 0.0164. The Labute approximate surface area is 179 Å². The largest absolute Gasteiger partial charge is 0.494 e. The number of hydrogen-bond donors (Lipinski definition) is 1. The summed E-state index contributed by atoms with van der Waals surface area (Å²) in [6, 6.07) is 13.9. The van der Waals surface area contributed by atoms with Gasteiger partial charge in [0, 0.05) is 6.54 Å². The number of nitrogens with one attached hydrogen (secondary N) is 1. The van der Waals surface area contributed by atoms with Gasteiger partial charge in [-0.05, 0) is 60.3 Å². The highest BCUT2D eigenvalue weighted by Crippen LogP contribution is 2.31. The molecule has 3 aromatic rings. The summed E-state index contributed by atoms with van der Waals surface area (Å²) in [4.78, 5) is -0.0164. The third-order valence-electron chi connectivity index (χ3n) is 4.30. The van der Waals surface area contributed by atoms with E-state index in [4.69, 9.17) is 4.74 Å². The first-order valence-electron chi connectivity index (χ1n) is 8.99. The number of hydrogen-bond acceptors (Lipinski definition) is 6. The second-order valence-corrected chi connectivity index (χ2v) is 11.3. The highest BCUT2D eigenvalue weighted by atomic mass is 32.2. The quantitative estimate of drug-likeness (QED) is 0.515. The van der Waals surface area contributed by atoms with E-state index in [1.54, 1.807) is 11.4 Å². The summed E-state index contributed by atoms with van der Waals surface area (Å²) in [5, 5.41) is 0.410. The van der Waals surface area contributed by atoms with E-state index in [0.29, 0.717) is 17.9 Å². The molecule has 0 radical (unpaired) electrons. The van der Waals surface area contributed by atoms with Crippen molar-refractivity contribution in [2.24, 2.45) is 0 Å². The number of ether oxygens (including phenoxy) is 1. The van der Waals surface area contributed by atoms with Crippen LogP contribution in [0.15, 0.2) is 75.1 Å². The molecule has 0 unspecified atom stereocenters. The molecular weight excluding hydrogens is 449 g/mol. The van der Waals surface area contributed by atoms with E-state index in [1.807, 2.05) is 6.92 Å². The van der Waals surface area contributed by atoms with Gasteiger partial charge in [0.2, 0.25) is 10.0 Å². The SMILES string of the molecule is CCOc1ccc(S(=O)(=O)NC[C@@H](c2ccc(F)cc2)S(=O)(=O)c2cccs2)cc1. The monoisotopic (exact) mass is 469 g/mol. The van der Waals surface area contributed by atoms with Crippen LogP contribution in [0.25, 0.3) is 0 Å². The fourth-order valence-electron chi connectivity index (χ4n) is 2.80. The molecule has 0 amide bonds. The van der Waals surface area contributed by atoms with Crippen LogP contribution in [-0.2, 0) is 19.9 Å². The zero-order valence-corrected chi connectivity index (χ0v) is 18.4. The zero-order valence-electron chi connectivity index (χ0n) is 16.0. The van der Waals surface area contributed by atoms with E-state index in [-0.39, 0.29) is 9.10 Å². The Morgan fingerprint density at radius 3 is 2.23 bits per heavy atom. The van der Waals surface area contributed by atoms with Gasteiger partial charge in [0.05, 0.1) is 11.5 Å². The predicted molar refractivity (Wildman–Crippen MR) is 113 cm³/mol.